The van der Waals surface area contributed by atoms with Crippen LogP contribution >= 0.6 is 23.2 Å². The average molecular weight is 351 g/mol. The van der Waals surface area contributed by atoms with Crippen molar-refractivity contribution in [3.05, 3.63) is 63.6 Å². The summed E-state index contributed by atoms with van der Waals surface area (Å²) in [5.41, 5.74) is 2.21. The lowest BCUT2D eigenvalue weighted by molar-refractivity contribution is 0.414. The Morgan fingerprint density at radius 3 is 2.52 bits per heavy atom. The molecular weight excluding hydrogens is 331 g/mol. The molecule has 5 heteroatoms. The Bertz CT molecular complexity index is 640. The molecule has 1 fully saturated rings. The van der Waals surface area contributed by atoms with Gasteiger partial charge in [0, 0.05) is 24.2 Å². The Balaban J connectivity index is 1.71. The maximum absolute atomic E-state index is 6.33. The van der Waals surface area contributed by atoms with Crippen molar-refractivity contribution in [3.63, 3.8) is 0 Å². The van der Waals surface area contributed by atoms with Crippen LogP contribution in [0.2, 0.25) is 10.0 Å². The fraction of sp³-hybridized carbons (Fsp3) is 0.333. The van der Waals surface area contributed by atoms with Crippen LogP contribution in [0.4, 0.5) is 0 Å². The molecular formula is C18H20Cl2N2O. The van der Waals surface area contributed by atoms with Crippen LogP contribution in [0.3, 0.4) is 0 Å². The minimum atomic E-state index is 0.312. The van der Waals surface area contributed by atoms with Crippen LogP contribution in [0, 0.1) is 0 Å². The first kappa shape index (κ1) is 16.6. The topological polar surface area (TPSA) is 33.3 Å². The van der Waals surface area contributed by atoms with Gasteiger partial charge in [-0.15, -0.1) is 0 Å². The summed E-state index contributed by atoms with van der Waals surface area (Å²) in [5.74, 6) is 0.674. The number of ether oxygens (including phenoxy) is 1. The van der Waals surface area contributed by atoms with Gasteiger partial charge in [-0.1, -0.05) is 53.5 Å². The summed E-state index contributed by atoms with van der Waals surface area (Å²) < 4.78 is 5.18. The van der Waals surface area contributed by atoms with E-state index in [-0.39, 0.29) is 0 Å². The Labute approximate surface area is 146 Å². The second-order valence-electron chi connectivity index (χ2n) is 5.69. The molecule has 1 saturated heterocycles. The largest absolute Gasteiger partial charge is 0.497 e. The van der Waals surface area contributed by atoms with E-state index >= 15 is 0 Å². The summed E-state index contributed by atoms with van der Waals surface area (Å²) in [6.07, 6.45) is 1.07. The molecule has 23 heavy (non-hydrogen) atoms. The SMILES string of the molecule is COc1cc(Cl)c(CN[C@H]2CCN[C@H]2c2ccccc2)c(Cl)c1. The zero-order valence-corrected chi connectivity index (χ0v) is 14.5. The molecule has 1 aliphatic rings. The smallest absolute Gasteiger partial charge is 0.121 e. The van der Waals surface area contributed by atoms with Crippen LogP contribution in [0.15, 0.2) is 42.5 Å². The fourth-order valence-corrected chi connectivity index (χ4v) is 3.63. The van der Waals surface area contributed by atoms with Gasteiger partial charge in [0.25, 0.3) is 0 Å². The Kier molecular flexibility index (Phi) is 5.44. The van der Waals surface area contributed by atoms with Gasteiger partial charge in [0.2, 0.25) is 0 Å². The third-order valence-corrected chi connectivity index (χ3v) is 4.95. The molecule has 3 rings (SSSR count). The van der Waals surface area contributed by atoms with Gasteiger partial charge in [-0.05, 0) is 30.7 Å². The lowest BCUT2D eigenvalue weighted by Gasteiger charge is -2.22. The third kappa shape index (κ3) is 3.81. The van der Waals surface area contributed by atoms with Crippen LogP contribution in [-0.4, -0.2) is 19.7 Å². The first-order valence-corrected chi connectivity index (χ1v) is 8.48. The maximum atomic E-state index is 6.33. The molecule has 0 aliphatic carbocycles. The van der Waals surface area contributed by atoms with Crippen molar-refractivity contribution in [1.29, 1.82) is 0 Å². The van der Waals surface area contributed by atoms with E-state index in [4.69, 9.17) is 27.9 Å². The molecule has 1 heterocycles. The normalized spacial score (nSPS) is 20.7. The average Bonchev–Trinajstić information content (AvgIpc) is 3.03. The van der Waals surface area contributed by atoms with Crippen molar-refractivity contribution in [2.75, 3.05) is 13.7 Å². The molecule has 2 N–H and O–H groups in total. The number of hydrogen-bond donors (Lipinski definition) is 2. The van der Waals surface area contributed by atoms with Gasteiger partial charge in [-0.2, -0.15) is 0 Å². The van der Waals surface area contributed by atoms with Gasteiger partial charge in [0.1, 0.15) is 5.75 Å². The summed E-state index contributed by atoms with van der Waals surface area (Å²) in [6, 6.07) is 14.8. The molecule has 2 atom stereocenters. The van der Waals surface area contributed by atoms with Crippen molar-refractivity contribution < 1.29 is 4.74 Å². The van der Waals surface area contributed by atoms with Crippen molar-refractivity contribution in [2.45, 2.75) is 25.0 Å². The predicted octanol–water partition coefficient (Wildman–Crippen LogP) is 4.19. The summed E-state index contributed by atoms with van der Waals surface area (Å²) in [7, 11) is 1.61. The number of nitrogens with one attached hydrogen (secondary N) is 2. The van der Waals surface area contributed by atoms with Crippen molar-refractivity contribution in [2.24, 2.45) is 0 Å². The molecule has 3 nitrogen and oxygen atoms in total. The summed E-state index contributed by atoms with van der Waals surface area (Å²) in [6.45, 7) is 1.64. The van der Waals surface area contributed by atoms with E-state index in [0.29, 0.717) is 34.4 Å². The van der Waals surface area contributed by atoms with Gasteiger partial charge in [0.05, 0.1) is 17.2 Å². The zero-order valence-electron chi connectivity index (χ0n) is 13.0. The molecule has 0 spiro atoms. The Morgan fingerprint density at radius 2 is 1.87 bits per heavy atom. The van der Waals surface area contributed by atoms with Gasteiger partial charge in [-0.25, -0.2) is 0 Å². The lowest BCUT2D eigenvalue weighted by Crippen LogP contribution is -2.34. The molecule has 0 amide bonds. The summed E-state index contributed by atoms with van der Waals surface area (Å²) in [5, 5.41) is 8.41. The minimum Gasteiger partial charge on any atom is -0.497 e. The first-order chi connectivity index (χ1) is 11.2. The van der Waals surface area contributed by atoms with E-state index in [1.165, 1.54) is 5.56 Å². The van der Waals surface area contributed by atoms with Crippen LogP contribution in [0.1, 0.15) is 23.6 Å². The van der Waals surface area contributed by atoms with E-state index < -0.39 is 0 Å². The fourth-order valence-electron chi connectivity index (χ4n) is 3.03. The Morgan fingerprint density at radius 1 is 1.17 bits per heavy atom. The van der Waals surface area contributed by atoms with Gasteiger partial charge >= 0.3 is 0 Å². The van der Waals surface area contributed by atoms with E-state index in [1.807, 2.05) is 6.07 Å². The molecule has 0 aromatic heterocycles. The second kappa shape index (κ2) is 7.54. The van der Waals surface area contributed by atoms with Crippen LogP contribution in [0.25, 0.3) is 0 Å². The van der Waals surface area contributed by atoms with E-state index in [2.05, 4.69) is 34.9 Å². The van der Waals surface area contributed by atoms with Gasteiger partial charge in [-0.3, -0.25) is 0 Å². The number of halogens is 2. The molecule has 0 radical (unpaired) electrons. The van der Waals surface area contributed by atoms with E-state index in [9.17, 15) is 0 Å². The summed E-state index contributed by atoms with van der Waals surface area (Å²) >= 11 is 12.7. The number of methoxy groups -OCH3 is 1. The third-order valence-electron chi connectivity index (χ3n) is 4.27. The highest BCUT2D eigenvalue weighted by atomic mass is 35.5. The highest BCUT2D eigenvalue weighted by Gasteiger charge is 2.27. The van der Waals surface area contributed by atoms with Crippen LogP contribution < -0.4 is 15.4 Å². The molecule has 122 valence electrons. The molecule has 1 aliphatic heterocycles. The Hall–Kier alpha value is -1.26. The van der Waals surface area contributed by atoms with Crippen molar-refractivity contribution >= 4 is 23.2 Å². The maximum Gasteiger partial charge on any atom is 0.121 e. The van der Waals surface area contributed by atoms with E-state index in [0.717, 1.165) is 18.5 Å². The first-order valence-electron chi connectivity index (χ1n) is 7.72. The number of benzene rings is 2. The predicted molar refractivity (Wildman–Crippen MR) is 95.4 cm³/mol. The quantitative estimate of drug-likeness (QED) is 0.847. The van der Waals surface area contributed by atoms with Gasteiger partial charge < -0.3 is 15.4 Å². The van der Waals surface area contributed by atoms with Crippen molar-refractivity contribution in [1.82, 2.24) is 10.6 Å². The van der Waals surface area contributed by atoms with Crippen molar-refractivity contribution in [3.8, 4) is 5.75 Å². The van der Waals surface area contributed by atoms with Gasteiger partial charge in [0.15, 0.2) is 0 Å². The van der Waals surface area contributed by atoms with Crippen LogP contribution in [0.5, 0.6) is 5.75 Å². The highest BCUT2D eigenvalue weighted by Crippen LogP contribution is 2.31. The molecule has 2 aromatic rings. The molecule has 0 saturated carbocycles. The number of hydrogen-bond acceptors (Lipinski definition) is 3. The lowest BCUT2D eigenvalue weighted by atomic mass is 10.0. The minimum absolute atomic E-state index is 0.312. The zero-order chi connectivity index (χ0) is 16.2. The molecule has 0 bridgehead atoms. The van der Waals surface area contributed by atoms with E-state index in [1.54, 1.807) is 19.2 Å². The molecule has 2 aromatic carbocycles. The van der Waals surface area contributed by atoms with Crippen LogP contribution in [-0.2, 0) is 6.54 Å². The second-order valence-corrected chi connectivity index (χ2v) is 6.50. The monoisotopic (exact) mass is 350 g/mol. The highest BCUT2D eigenvalue weighted by molar-refractivity contribution is 6.36. The molecule has 0 unspecified atom stereocenters. The standard InChI is InChI=1S/C18H20Cl2N2O/c1-23-13-9-15(19)14(16(20)10-13)11-22-17-7-8-21-18(17)12-5-3-2-4-6-12/h2-6,9-10,17-18,21-22H,7-8,11H2,1H3/t17-,18-/m0/s1. The number of rotatable bonds is 5. The summed E-state index contributed by atoms with van der Waals surface area (Å²) in [4.78, 5) is 0.